The molecule has 0 aliphatic heterocycles. The van der Waals surface area contributed by atoms with E-state index in [4.69, 9.17) is 19.2 Å². The first-order chi connectivity index (χ1) is 3.41. The van der Waals surface area contributed by atoms with Crippen molar-refractivity contribution < 1.29 is 44.0 Å². The summed E-state index contributed by atoms with van der Waals surface area (Å²) in [7, 11) is -4.64. The topological polar surface area (TPSA) is 77.8 Å². The summed E-state index contributed by atoms with van der Waals surface area (Å²) >= 11 is 1.40. The number of rotatable bonds is 0. The fourth-order valence-corrected chi connectivity index (χ4v) is 0. The molecule has 3 N–H and O–H groups in total. The Labute approximate surface area is 62.3 Å². The van der Waals surface area contributed by atoms with E-state index in [-0.39, 0.29) is 0 Å². The van der Waals surface area contributed by atoms with Crippen LogP contribution in [0.1, 0.15) is 0 Å². The standard InChI is InChI=1S/C2H3.H3O4P.Zr/c1-2;1-5(2,3)4;/h1H,2H2;(H3,1,2,3,4);. The largest absolute Gasteiger partial charge is 0.466 e. The predicted octanol–water partition coefficient (Wildman–Crippen LogP) is -0.252. The van der Waals surface area contributed by atoms with Gasteiger partial charge in [0, 0.05) is 0 Å². The van der Waals surface area contributed by atoms with Crippen LogP contribution in [0.5, 0.6) is 0 Å². The van der Waals surface area contributed by atoms with E-state index in [1.54, 1.807) is 0 Å². The molecule has 0 rings (SSSR count). The third-order valence-electron chi connectivity index (χ3n) is 0. The number of phosphoric acid groups is 1. The van der Waals surface area contributed by atoms with Crippen LogP contribution in [0, 0.1) is 0 Å². The van der Waals surface area contributed by atoms with Crippen molar-refractivity contribution in [1.82, 2.24) is 0 Å². The molecule has 0 radical (unpaired) electrons. The molecule has 0 atom stereocenters. The van der Waals surface area contributed by atoms with Crippen LogP contribution in [-0.4, -0.2) is 14.7 Å². The van der Waals surface area contributed by atoms with Crippen molar-refractivity contribution in [2.24, 2.45) is 0 Å². The molecular formula is C2H6O4PZr. The molecule has 6 heteroatoms. The molecule has 8 heavy (non-hydrogen) atoms. The Balaban J connectivity index is 0. The molecular weight excluding hydrogens is 210 g/mol. The average Bonchev–Trinajstić information content (AvgIpc) is 1.27. The molecule has 0 bridgehead atoms. The van der Waals surface area contributed by atoms with Crippen molar-refractivity contribution in [3.8, 4) is 0 Å². The third-order valence-corrected chi connectivity index (χ3v) is 0. The van der Waals surface area contributed by atoms with Gasteiger partial charge in [0.1, 0.15) is 0 Å². The summed E-state index contributed by atoms with van der Waals surface area (Å²) in [5.74, 6) is 0. The normalized spacial score (nSPS) is 8.75. The monoisotopic (exact) mass is 215 g/mol. The minimum Gasteiger partial charge on any atom is -0.303 e. The van der Waals surface area contributed by atoms with Gasteiger partial charge in [-0.05, 0) is 0 Å². The van der Waals surface area contributed by atoms with Gasteiger partial charge >= 0.3 is 42.9 Å². The van der Waals surface area contributed by atoms with E-state index in [9.17, 15) is 0 Å². The van der Waals surface area contributed by atoms with Crippen molar-refractivity contribution in [1.29, 1.82) is 0 Å². The SMILES string of the molecule is C=[CH][Zr].O=P(O)(O)O. The van der Waals surface area contributed by atoms with E-state index < -0.39 is 7.82 Å². The zero-order valence-corrected chi connectivity index (χ0v) is 7.33. The summed E-state index contributed by atoms with van der Waals surface area (Å²) in [4.78, 5) is 21.6. The summed E-state index contributed by atoms with van der Waals surface area (Å²) in [6, 6.07) is 0. The Morgan fingerprint density at radius 3 is 1.50 bits per heavy atom. The second kappa shape index (κ2) is 5.86. The van der Waals surface area contributed by atoms with Crippen molar-refractivity contribution in [3.05, 3.63) is 10.4 Å². The van der Waals surface area contributed by atoms with E-state index in [2.05, 4.69) is 6.58 Å². The van der Waals surface area contributed by atoms with E-state index in [1.807, 2.05) is 3.78 Å². The molecule has 0 saturated heterocycles. The Hall–Kier alpha value is 0.733. The van der Waals surface area contributed by atoms with E-state index in [0.717, 1.165) is 0 Å². The molecule has 0 aromatic carbocycles. The summed E-state index contributed by atoms with van der Waals surface area (Å²) in [6.45, 7) is 3.40. The Bertz CT molecular complexity index is 87.9. The molecule has 0 unspecified atom stereocenters. The van der Waals surface area contributed by atoms with Crippen LogP contribution >= 0.6 is 7.82 Å². The molecule has 4 nitrogen and oxygen atoms in total. The maximum atomic E-state index is 8.88. The summed E-state index contributed by atoms with van der Waals surface area (Å²) < 4.78 is 10.7. The summed E-state index contributed by atoms with van der Waals surface area (Å²) in [5.41, 5.74) is 0. The van der Waals surface area contributed by atoms with Crippen molar-refractivity contribution in [2.45, 2.75) is 0 Å². The molecule has 0 amide bonds. The van der Waals surface area contributed by atoms with E-state index in [0.29, 0.717) is 0 Å². The predicted molar refractivity (Wildman–Crippen MR) is 24.5 cm³/mol. The second-order valence-corrected chi connectivity index (χ2v) is 2.75. The number of hydrogen-bond acceptors (Lipinski definition) is 1. The van der Waals surface area contributed by atoms with Crippen LogP contribution < -0.4 is 0 Å². The van der Waals surface area contributed by atoms with E-state index in [1.165, 1.54) is 24.7 Å². The fraction of sp³-hybridized carbons (Fsp3) is 0. The molecule has 0 fully saturated rings. The minimum atomic E-state index is -4.64. The fourth-order valence-electron chi connectivity index (χ4n) is 0. The van der Waals surface area contributed by atoms with Gasteiger partial charge in [0.05, 0.1) is 0 Å². The van der Waals surface area contributed by atoms with Crippen molar-refractivity contribution >= 4 is 7.82 Å². The maximum Gasteiger partial charge on any atom is 0.466 e. The van der Waals surface area contributed by atoms with Crippen molar-refractivity contribution in [3.63, 3.8) is 0 Å². The quantitative estimate of drug-likeness (QED) is 0.488. The molecule has 0 aliphatic carbocycles. The Morgan fingerprint density at radius 2 is 1.50 bits per heavy atom. The maximum absolute atomic E-state index is 8.88. The molecule has 0 saturated carbocycles. The van der Waals surface area contributed by atoms with Crippen molar-refractivity contribution in [2.75, 3.05) is 0 Å². The molecule has 0 aliphatic rings. The van der Waals surface area contributed by atoms with Gasteiger partial charge in [-0.15, -0.1) is 0 Å². The van der Waals surface area contributed by atoms with Crippen LogP contribution in [0.15, 0.2) is 10.4 Å². The van der Waals surface area contributed by atoms with E-state index >= 15 is 0 Å². The first-order valence-corrected chi connectivity index (χ1v) is 4.46. The third kappa shape index (κ3) is 412. The van der Waals surface area contributed by atoms with Gasteiger partial charge in [-0.3, -0.25) is 0 Å². The molecule has 0 aromatic heterocycles. The minimum absolute atomic E-state index is 1.40. The van der Waals surface area contributed by atoms with Crippen LogP contribution in [-0.2, 0) is 29.3 Å². The molecule has 47 valence electrons. The Kier molecular flexibility index (Phi) is 8.44. The summed E-state index contributed by atoms with van der Waals surface area (Å²) in [5, 5.41) is 0. The smallest absolute Gasteiger partial charge is 0.303 e. The number of hydrogen-bond donors (Lipinski definition) is 3. The van der Waals surface area contributed by atoms with Crippen LogP contribution in [0.3, 0.4) is 0 Å². The van der Waals surface area contributed by atoms with Crippen LogP contribution in [0.2, 0.25) is 0 Å². The van der Waals surface area contributed by atoms with Gasteiger partial charge in [-0.1, -0.05) is 0 Å². The van der Waals surface area contributed by atoms with Gasteiger partial charge in [-0.2, -0.15) is 0 Å². The first kappa shape index (κ1) is 11.5. The second-order valence-electron chi connectivity index (χ2n) is 0.717. The Morgan fingerprint density at radius 1 is 1.50 bits per heavy atom. The average molecular weight is 216 g/mol. The van der Waals surface area contributed by atoms with Gasteiger partial charge in [0.2, 0.25) is 0 Å². The molecule has 0 spiro atoms. The van der Waals surface area contributed by atoms with Crippen LogP contribution in [0.4, 0.5) is 0 Å². The first-order valence-electron chi connectivity index (χ1n) is 1.48. The zero-order valence-electron chi connectivity index (χ0n) is 3.98. The van der Waals surface area contributed by atoms with Gasteiger partial charge in [0.25, 0.3) is 0 Å². The molecule has 0 aromatic rings. The van der Waals surface area contributed by atoms with Gasteiger partial charge < -0.3 is 14.7 Å². The zero-order chi connectivity index (χ0) is 7.21. The van der Waals surface area contributed by atoms with Gasteiger partial charge in [0.15, 0.2) is 0 Å². The summed E-state index contributed by atoms with van der Waals surface area (Å²) in [6.07, 6.45) is 0. The van der Waals surface area contributed by atoms with Crippen LogP contribution in [0.25, 0.3) is 0 Å². The van der Waals surface area contributed by atoms with Gasteiger partial charge in [-0.25, -0.2) is 4.57 Å². The molecule has 0 heterocycles.